The van der Waals surface area contributed by atoms with E-state index < -0.39 is 0 Å². The van der Waals surface area contributed by atoms with Crippen molar-refractivity contribution in [3.63, 3.8) is 0 Å². The number of hydrogen-bond acceptors (Lipinski definition) is 5. The van der Waals surface area contributed by atoms with Crippen molar-refractivity contribution in [2.45, 2.75) is 12.8 Å². The summed E-state index contributed by atoms with van der Waals surface area (Å²) in [4.78, 5) is 12.3. The van der Waals surface area contributed by atoms with Crippen LogP contribution in [0.1, 0.15) is 11.1 Å². The summed E-state index contributed by atoms with van der Waals surface area (Å²) in [5.74, 6) is 2.55. The van der Waals surface area contributed by atoms with E-state index in [4.69, 9.17) is 18.9 Å². The Morgan fingerprint density at radius 3 is 2.04 bits per heavy atom. The Labute approximate surface area is 154 Å². The summed E-state index contributed by atoms with van der Waals surface area (Å²) in [5.41, 5.74) is 1.79. The summed E-state index contributed by atoms with van der Waals surface area (Å²) < 4.78 is 21.2. The molecule has 0 aromatic heterocycles. The Kier molecular flexibility index (Phi) is 7.14. The third kappa shape index (κ3) is 4.81. The number of nitrogens with one attached hydrogen (secondary N) is 1. The highest BCUT2D eigenvalue weighted by atomic mass is 16.5. The third-order valence-corrected chi connectivity index (χ3v) is 4.05. The van der Waals surface area contributed by atoms with E-state index in [2.05, 4.69) is 5.32 Å². The lowest BCUT2D eigenvalue weighted by Gasteiger charge is -2.13. The number of methoxy groups -OCH3 is 4. The molecule has 2 rings (SSSR count). The van der Waals surface area contributed by atoms with E-state index in [0.29, 0.717) is 36.0 Å². The maximum absolute atomic E-state index is 12.3. The molecule has 0 spiro atoms. The predicted octanol–water partition coefficient (Wildman–Crippen LogP) is 2.62. The smallest absolute Gasteiger partial charge is 0.224 e. The number of rotatable bonds is 9. The lowest BCUT2D eigenvalue weighted by molar-refractivity contribution is -0.120. The second-order valence-corrected chi connectivity index (χ2v) is 5.61. The van der Waals surface area contributed by atoms with Gasteiger partial charge in [-0.25, -0.2) is 0 Å². The first-order valence-corrected chi connectivity index (χ1v) is 8.30. The van der Waals surface area contributed by atoms with Crippen LogP contribution in [0.2, 0.25) is 0 Å². The molecule has 1 amide bonds. The minimum atomic E-state index is -0.0896. The van der Waals surface area contributed by atoms with Gasteiger partial charge in [0.25, 0.3) is 0 Å². The zero-order valence-corrected chi connectivity index (χ0v) is 15.6. The van der Waals surface area contributed by atoms with Crippen molar-refractivity contribution < 1.29 is 23.7 Å². The van der Waals surface area contributed by atoms with Gasteiger partial charge in [-0.1, -0.05) is 12.1 Å². The van der Waals surface area contributed by atoms with Gasteiger partial charge in [0.2, 0.25) is 5.91 Å². The van der Waals surface area contributed by atoms with Crippen molar-refractivity contribution in [2.24, 2.45) is 0 Å². The van der Waals surface area contributed by atoms with Crippen LogP contribution in [0.5, 0.6) is 23.0 Å². The predicted molar refractivity (Wildman–Crippen MR) is 99.5 cm³/mol. The van der Waals surface area contributed by atoms with Crippen LogP contribution in [0, 0.1) is 0 Å². The molecule has 0 fully saturated rings. The molecule has 0 radical (unpaired) electrons. The van der Waals surface area contributed by atoms with Crippen molar-refractivity contribution in [3.05, 3.63) is 47.5 Å². The van der Waals surface area contributed by atoms with E-state index in [1.54, 1.807) is 28.4 Å². The van der Waals surface area contributed by atoms with Crippen molar-refractivity contribution in [2.75, 3.05) is 35.0 Å². The second kappa shape index (κ2) is 9.56. The molecule has 6 nitrogen and oxygen atoms in total. The fourth-order valence-electron chi connectivity index (χ4n) is 2.71. The van der Waals surface area contributed by atoms with Crippen molar-refractivity contribution >= 4 is 5.91 Å². The van der Waals surface area contributed by atoms with Gasteiger partial charge in [-0.2, -0.15) is 0 Å². The number of benzene rings is 2. The van der Waals surface area contributed by atoms with Gasteiger partial charge in [-0.05, 0) is 36.2 Å². The lowest BCUT2D eigenvalue weighted by atomic mass is 10.1. The summed E-state index contributed by atoms with van der Waals surface area (Å²) in [5, 5.41) is 2.93. The van der Waals surface area contributed by atoms with Crippen LogP contribution < -0.4 is 24.3 Å². The summed E-state index contributed by atoms with van der Waals surface area (Å²) in [7, 11) is 6.36. The van der Waals surface area contributed by atoms with Crippen molar-refractivity contribution in [1.29, 1.82) is 0 Å². The Balaban J connectivity index is 1.94. The molecule has 0 aliphatic rings. The van der Waals surface area contributed by atoms with Crippen molar-refractivity contribution in [3.8, 4) is 23.0 Å². The molecule has 2 aromatic rings. The highest BCUT2D eigenvalue weighted by molar-refractivity contribution is 5.80. The molecule has 0 bridgehead atoms. The Morgan fingerprint density at radius 2 is 1.46 bits per heavy atom. The Bertz CT molecular complexity index is 723. The molecular weight excluding hydrogens is 334 g/mol. The normalized spacial score (nSPS) is 10.2. The number of carbonyl (C=O) groups is 1. The monoisotopic (exact) mass is 359 g/mol. The van der Waals surface area contributed by atoms with Crippen LogP contribution in [0.3, 0.4) is 0 Å². The van der Waals surface area contributed by atoms with Crippen LogP contribution in [0.25, 0.3) is 0 Å². The maximum atomic E-state index is 12.3. The first kappa shape index (κ1) is 19.4. The molecule has 0 heterocycles. The largest absolute Gasteiger partial charge is 0.496 e. The number of ether oxygens (including phenoxy) is 4. The van der Waals surface area contributed by atoms with Gasteiger partial charge in [0.1, 0.15) is 11.5 Å². The fraction of sp³-hybridized carbons (Fsp3) is 0.350. The minimum absolute atomic E-state index is 0.0896. The van der Waals surface area contributed by atoms with E-state index in [1.807, 2.05) is 36.4 Å². The van der Waals surface area contributed by atoms with Gasteiger partial charge in [0.15, 0.2) is 11.5 Å². The average Bonchev–Trinajstić information content (AvgIpc) is 2.67. The van der Waals surface area contributed by atoms with Gasteiger partial charge >= 0.3 is 0 Å². The molecule has 0 saturated heterocycles. The molecule has 0 unspecified atom stereocenters. The SMILES string of the molecule is COc1ccc(CCNC(=O)Cc2c(OC)cccc2OC)cc1OC. The summed E-state index contributed by atoms with van der Waals surface area (Å²) in [6, 6.07) is 11.2. The zero-order valence-electron chi connectivity index (χ0n) is 15.6. The molecule has 1 N–H and O–H groups in total. The van der Waals surface area contributed by atoms with E-state index in [1.165, 1.54) is 0 Å². The summed E-state index contributed by atoms with van der Waals surface area (Å²) in [6.07, 6.45) is 0.883. The van der Waals surface area contributed by atoms with Crippen LogP contribution in [-0.2, 0) is 17.6 Å². The van der Waals surface area contributed by atoms with Crippen LogP contribution in [-0.4, -0.2) is 40.9 Å². The first-order chi connectivity index (χ1) is 12.6. The summed E-state index contributed by atoms with van der Waals surface area (Å²) in [6.45, 7) is 0.520. The summed E-state index contributed by atoms with van der Waals surface area (Å²) >= 11 is 0. The highest BCUT2D eigenvalue weighted by Crippen LogP contribution is 2.29. The molecule has 6 heteroatoms. The van der Waals surface area contributed by atoms with Crippen molar-refractivity contribution in [1.82, 2.24) is 5.32 Å². The first-order valence-electron chi connectivity index (χ1n) is 8.30. The van der Waals surface area contributed by atoms with E-state index in [0.717, 1.165) is 11.1 Å². The molecule has 0 aliphatic heterocycles. The van der Waals surface area contributed by atoms with Gasteiger partial charge in [-0.3, -0.25) is 4.79 Å². The van der Waals surface area contributed by atoms with E-state index in [-0.39, 0.29) is 12.3 Å². The number of amides is 1. The van der Waals surface area contributed by atoms with Gasteiger partial charge in [0.05, 0.1) is 34.9 Å². The number of hydrogen-bond donors (Lipinski definition) is 1. The Hall–Kier alpha value is -2.89. The molecular formula is C20H25NO5. The van der Waals surface area contributed by atoms with E-state index >= 15 is 0 Å². The molecule has 0 saturated carbocycles. The lowest BCUT2D eigenvalue weighted by Crippen LogP contribution is -2.27. The quantitative estimate of drug-likeness (QED) is 0.746. The zero-order chi connectivity index (χ0) is 18.9. The van der Waals surface area contributed by atoms with Crippen LogP contribution in [0.4, 0.5) is 0 Å². The van der Waals surface area contributed by atoms with Crippen LogP contribution >= 0.6 is 0 Å². The number of carbonyl (C=O) groups excluding carboxylic acids is 1. The second-order valence-electron chi connectivity index (χ2n) is 5.61. The standard InChI is InChI=1S/C20H25NO5/c1-23-16-6-5-7-17(24-2)15(16)13-20(22)21-11-10-14-8-9-18(25-3)19(12-14)26-4/h5-9,12H,10-11,13H2,1-4H3,(H,21,22). The highest BCUT2D eigenvalue weighted by Gasteiger charge is 2.14. The molecule has 2 aromatic carbocycles. The topological polar surface area (TPSA) is 66.0 Å². The molecule has 140 valence electrons. The van der Waals surface area contributed by atoms with Gasteiger partial charge < -0.3 is 24.3 Å². The molecule has 26 heavy (non-hydrogen) atoms. The minimum Gasteiger partial charge on any atom is -0.496 e. The molecule has 0 aliphatic carbocycles. The average molecular weight is 359 g/mol. The van der Waals surface area contributed by atoms with E-state index in [9.17, 15) is 4.79 Å². The maximum Gasteiger partial charge on any atom is 0.224 e. The third-order valence-electron chi connectivity index (χ3n) is 4.05. The van der Waals surface area contributed by atoms with Gasteiger partial charge in [0, 0.05) is 12.1 Å². The Morgan fingerprint density at radius 1 is 0.846 bits per heavy atom. The van der Waals surface area contributed by atoms with Crippen LogP contribution in [0.15, 0.2) is 36.4 Å². The molecule has 0 atom stereocenters. The van der Waals surface area contributed by atoms with Gasteiger partial charge in [-0.15, -0.1) is 0 Å². The fourth-order valence-corrected chi connectivity index (χ4v) is 2.71.